The molecule has 0 aromatic carbocycles. The highest BCUT2D eigenvalue weighted by Crippen LogP contribution is 2.53. The van der Waals surface area contributed by atoms with Gasteiger partial charge in [0.25, 0.3) is 5.56 Å². The molecule has 0 saturated carbocycles. The van der Waals surface area contributed by atoms with Crippen molar-refractivity contribution in [3.8, 4) is 0 Å². The van der Waals surface area contributed by atoms with Crippen LogP contribution in [0.25, 0.3) is 22.1 Å². The molecule has 3 aliphatic rings. The van der Waals surface area contributed by atoms with Crippen LogP contribution in [0.5, 0.6) is 0 Å². The van der Waals surface area contributed by atoms with E-state index in [-0.39, 0.29) is 28.4 Å². The number of hydrogen-bond donors (Lipinski definition) is 7. The van der Waals surface area contributed by atoms with Crippen molar-refractivity contribution in [1.29, 1.82) is 0 Å². The number of aliphatic hydroxyl groups is 2. The lowest BCUT2D eigenvalue weighted by Crippen LogP contribution is -2.36. The number of ether oxygens (including phenoxy) is 2. The van der Waals surface area contributed by atoms with E-state index in [0.717, 1.165) is 0 Å². The van der Waals surface area contributed by atoms with Gasteiger partial charge in [0.2, 0.25) is 5.95 Å². The molecule has 4 aromatic rings. The maximum absolute atomic E-state index is 13.2. The number of nitrogens with zero attached hydrogens (tertiary/aromatic N) is 5. The summed E-state index contributed by atoms with van der Waals surface area (Å²) < 4.78 is 61.5. The number of aliphatic hydroxyl groups excluding tert-OH is 2. The summed E-state index contributed by atoms with van der Waals surface area (Å²) in [7, 11) is -10.1. The van der Waals surface area contributed by atoms with Crippen molar-refractivity contribution in [2.24, 2.45) is 0 Å². The van der Waals surface area contributed by atoms with Crippen LogP contribution in [-0.4, -0.2) is 98.9 Å². The van der Waals surface area contributed by atoms with Gasteiger partial charge in [0, 0.05) is 12.4 Å². The van der Waals surface area contributed by atoms with E-state index in [9.17, 15) is 33.9 Å². The van der Waals surface area contributed by atoms with Crippen molar-refractivity contribution in [1.82, 2.24) is 29.1 Å². The molecular weight excluding hydrogens is 646 g/mol. The molecule has 10 atom stereocenters. The second kappa shape index (κ2) is 10.9. The number of nitrogens with two attached hydrogens (primary N) is 2. The zero-order valence-corrected chi connectivity index (χ0v) is 24.5. The summed E-state index contributed by atoms with van der Waals surface area (Å²) >= 11 is 0. The fraction of sp³-hybridized carbons (Fsp3) is 0.455. The number of aromatic nitrogens is 6. The van der Waals surface area contributed by atoms with E-state index in [1.807, 2.05) is 0 Å². The average Bonchev–Trinajstić information content (AvgIpc) is 3.72. The molecule has 7 heterocycles. The molecule has 2 unspecified atom stereocenters. The van der Waals surface area contributed by atoms with Crippen LogP contribution in [0.3, 0.4) is 0 Å². The summed E-state index contributed by atoms with van der Waals surface area (Å²) in [6.45, 7) is -1.59. The Kier molecular flexibility index (Phi) is 7.36. The van der Waals surface area contributed by atoms with Gasteiger partial charge in [-0.05, 0) is 12.1 Å². The first-order chi connectivity index (χ1) is 21.3. The quantitative estimate of drug-likeness (QED) is 0.124. The zero-order valence-electron chi connectivity index (χ0n) is 22.7. The highest BCUT2D eigenvalue weighted by atomic mass is 31.2. The molecule has 3 saturated heterocycles. The van der Waals surface area contributed by atoms with E-state index >= 15 is 0 Å². The second-order valence-electron chi connectivity index (χ2n) is 10.4. The van der Waals surface area contributed by atoms with Gasteiger partial charge in [-0.15, -0.1) is 0 Å². The van der Waals surface area contributed by atoms with Gasteiger partial charge in [-0.2, -0.15) is 4.98 Å². The molecule has 45 heavy (non-hydrogen) atoms. The molecule has 0 spiro atoms. The molecule has 0 aliphatic carbocycles. The van der Waals surface area contributed by atoms with E-state index in [4.69, 9.17) is 39.0 Å². The standard InChI is InChI=1S/C22H26N8O13P2/c23-16-8-1-3-29(17(8)26-7-25-16)20-13(32)14-11(41-20)6-39-45(36,37)43-15-12(31)10(5-38-44(34,35)42-14)40-21(15)30-4-2-9-18(30)27-22(24)28-19(9)33/h1-4,7,10-15,20-21,31-32H,5-6H2,(H,34,35)(H,36,37)(H2,23,25,26)(H3,24,27,28,33)/t10-,11-,12-,13-,14-,15-,20-,21-/m1/s1. The first kappa shape index (κ1) is 30.4. The Hall–Kier alpha value is -3.30. The maximum Gasteiger partial charge on any atom is 0.472 e. The average molecular weight is 672 g/mol. The van der Waals surface area contributed by atoms with E-state index in [1.54, 1.807) is 6.07 Å². The molecule has 23 heteroatoms. The summed E-state index contributed by atoms with van der Waals surface area (Å²) in [4.78, 5) is 48.1. The molecule has 21 nitrogen and oxygen atoms in total. The largest absolute Gasteiger partial charge is 0.472 e. The summed E-state index contributed by atoms with van der Waals surface area (Å²) in [5.74, 6) is -0.0910. The van der Waals surface area contributed by atoms with Gasteiger partial charge >= 0.3 is 15.6 Å². The molecule has 3 fully saturated rings. The van der Waals surface area contributed by atoms with Gasteiger partial charge in [0.15, 0.2) is 18.1 Å². The van der Waals surface area contributed by atoms with Gasteiger partial charge in [0.1, 0.15) is 54.4 Å². The minimum Gasteiger partial charge on any atom is -0.387 e. The van der Waals surface area contributed by atoms with E-state index in [2.05, 4.69) is 19.9 Å². The van der Waals surface area contributed by atoms with Crippen molar-refractivity contribution < 1.29 is 56.7 Å². The fourth-order valence-electron chi connectivity index (χ4n) is 5.57. The zero-order chi connectivity index (χ0) is 31.8. The number of phosphoric acid groups is 2. The minimum atomic E-state index is -5.08. The normalized spacial score (nSPS) is 37.7. The molecule has 3 aliphatic heterocycles. The Balaban J connectivity index is 1.21. The second-order valence-corrected chi connectivity index (χ2v) is 13.2. The predicted molar refractivity (Wildman–Crippen MR) is 148 cm³/mol. The van der Waals surface area contributed by atoms with Crippen molar-refractivity contribution in [2.45, 2.75) is 49.1 Å². The number of phosphoric ester groups is 2. The predicted octanol–water partition coefficient (Wildman–Crippen LogP) is -1.13. The van der Waals surface area contributed by atoms with Gasteiger partial charge in [-0.1, -0.05) is 0 Å². The monoisotopic (exact) mass is 672 g/mol. The summed E-state index contributed by atoms with van der Waals surface area (Å²) in [5.41, 5.74) is 11.2. The van der Waals surface area contributed by atoms with Crippen LogP contribution in [0.15, 0.2) is 35.6 Å². The lowest BCUT2D eigenvalue weighted by atomic mass is 10.1. The lowest BCUT2D eigenvalue weighted by Gasteiger charge is -2.26. The van der Waals surface area contributed by atoms with Crippen LogP contribution >= 0.6 is 15.6 Å². The third-order valence-corrected chi connectivity index (χ3v) is 9.59. The Bertz CT molecular complexity index is 1930. The van der Waals surface area contributed by atoms with Crippen LogP contribution in [0.4, 0.5) is 11.8 Å². The maximum atomic E-state index is 13.2. The number of rotatable bonds is 2. The van der Waals surface area contributed by atoms with Crippen molar-refractivity contribution >= 4 is 49.5 Å². The molecule has 0 radical (unpaired) electrons. The highest BCUT2D eigenvalue weighted by molar-refractivity contribution is 7.47. The molecule has 0 amide bonds. The van der Waals surface area contributed by atoms with Crippen LogP contribution in [-0.2, 0) is 36.7 Å². The number of H-pyrrole nitrogens is 1. The van der Waals surface area contributed by atoms with E-state index < -0.39 is 83.5 Å². The van der Waals surface area contributed by atoms with Gasteiger partial charge in [-0.3, -0.25) is 27.9 Å². The molecule has 242 valence electrons. The number of anilines is 2. The number of nitrogens with one attached hydrogen (secondary N) is 1. The Morgan fingerprint density at radius 3 is 2.20 bits per heavy atom. The third kappa shape index (κ3) is 5.35. The molecule has 7 rings (SSSR count). The lowest BCUT2D eigenvalue weighted by molar-refractivity contribution is -0.0670. The van der Waals surface area contributed by atoms with Crippen LogP contribution in [0, 0.1) is 0 Å². The van der Waals surface area contributed by atoms with Gasteiger partial charge in [-0.25, -0.2) is 19.1 Å². The van der Waals surface area contributed by atoms with Gasteiger partial charge in [0.05, 0.1) is 24.0 Å². The first-order valence-corrected chi connectivity index (χ1v) is 16.2. The van der Waals surface area contributed by atoms with Crippen molar-refractivity contribution in [2.75, 3.05) is 24.7 Å². The number of fused-ring (bicyclic) bond motifs is 5. The minimum absolute atomic E-state index is 0.0126. The summed E-state index contributed by atoms with van der Waals surface area (Å²) in [6, 6.07) is 2.93. The topological polar surface area (TPSA) is 304 Å². The van der Waals surface area contributed by atoms with Crippen LogP contribution in [0.1, 0.15) is 12.5 Å². The van der Waals surface area contributed by atoms with E-state index in [0.29, 0.717) is 5.39 Å². The molecule has 2 bridgehead atoms. The van der Waals surface area contributed by atoms with Crippen LogP contribution < -0.4 is 17.0 Å². The Morgan fingerprint density at radius 1 is 0.844 bits per heavy atom. The Morgan fingerprint density at radius 2 is 1.47 bits per heavy atom. The summed E-state index contributed by atoms with van der Waals surface area (Å²) in [5, 5.41) is 22.7. The smallest absolute Gasteiger partial charge is 0.387 e. The fourth-order valence-corrected chi connectivity index (χ4v) is 7.47. The molecule has 9 N–H and O–H groups in total. The molecule has 4 aromatic heterocycles. The van der Waals surface area contributed by atoms with Crippen LogP contribution in [0.2, 0.25) is 0 Å². The van der Waals surface area contributed by atoms with Gasteiger partial charge < -0.3 is 50.1 Å². The van der Waals surface area contributed by atoms with E-state index in [1.165, 1.54) is 33.9 Å². The number of aromatic amines is 1. The summed E-state index contributed by atoms with van der Waals surface area (Å²) in [6.07, 6.45) is -8.28. The highest BCUT2D eigenvalue weighted by Gasteiger charge is 2.53. The number of nitrogen functional groups attached to an aromatic ring is 2. The molecular formula is C22H26N8O13P2. The van der Waals surface area contributed by atoms with Crippen molar-refractivity contribution in [3.05, 3.63) is 41.2 Å². The SMILES string of the molecule is Nc1nc2c(ccn2[C@@H]2O[C@@H]3COP(=O)(O)O[C@H]4[C@@H](O)[C@H](n5ccc6c(N)ncnc65)O[C@@H]4COP(=O)(O)O[C@@H]2[C@@H]3O)c(=O)[nH]1. The first-order valence-electron chi connectivity index (χ1n) is 13.2. The number of hydrogen-bond acceptors (Lipinski definition) is 16. The third-order valence-electron chi connectivity index (χ3n) is 7.62. The van der Waals surface area contributed by atoms with Crippen molar-refractivity contribution in [3.63, 3.8) is 0 Å². The Labute approximate surface area is 250 Å².